The Morgan fingerprint density at radius 2 is 2.03 bits per heavy atom. The Morgan fingerprint density at radius 1 is 1.28 bits per heavy atom. The van der Waals surface area contributed by atoms with Gasteiger partial charge in [-0.3, -0.25) is 4.79 Å². The van der Waals surface area contributed by atoms with Gasteiger partial charge >= 0.3 is 0 Å². The van der Waals surface area contributed by atoms with Crippen molar-refractivity contribution in [2.75, 3.05) is 0 Å². The highest BCUT2D eigenvalue weighted by atomic mass is 16.3. The summed E-state index contributed by atoms with van der Waals surface area (Å²) in [6, 6.07) is 0.250. The summed E-state index contributed by atoms with van der Waals surface area (Å²) in [5, 5.41) is 13.2. The van der Waals surface area contributed by atoms with Gasteiger partial charge in [0.25, 0.3) is 0 Å². The zero-order valence-electron chi connectivity index (χ0n) is 21.3. The summed E-state index contributed by atoms with van der Waals surface area (Å²) < 4.78 is 0. The van der Waals surface area contributed by atoms with Crippen molar-refractivity contribution in [1.29, 1.82) is 0 Å². The molecule has 32 heavy (non-hydrogen) atoms. The topological polar surface area (TPSA) is 49.3 Å². The van der Waals surface area contributed by atoms with E-state index in [2.05, 4.69) is 37.9 Å². The van der Waals surface area contributed by atoms with Crippen LogP contribution < -0.4 is 5.32 Å². The minimum absolute atomic E-state index is 0.0666. The van der Waals surface area contributed by atoms with Crippen LogP contribution in [0, 0.1) is 23.2 Å². The molecule has 0 aliphatic heterocycles. The van der Waals surface area contributed by atoms with Gasteiger partial charge in [-0.25, -0.2) is 0 Å². The molecular weight excluding hydrogens is 394 g/mol. The maximum absolute atomic E-state index is 11.5. The first-order chi connectivity index (χ1) is 15.0. The van der Waals surface area contributed by atoms with Gasteiger partial charge in [0.1, 0.15) is 0 Å². The molecule has 0 saturated heterocycles. The van der Waals surface area contributed by atoms with E-state index in [0.717, 1.165) is 43.9 Å². The van der Waals surface area contributed by atoms with E-state index in [-0.39, 0.29) is 11.9 Å². The predicted molar refractivity (Wildman–Crippen MR) is 134 cm³/mol. The average molecular weight is 442 g/mol. The van der Waals surface area contributed by atoms with Gasteiger partial charge in [0.2, 0.25) is 5.91 Å². The normalized spacial score (nSPS) is 34.6. The highest BCUT2D eigenvalue weighted by Crippen LogP contribution is 2.60. The van der Waals surface area contributed by atoms with Crippen LogP contribution in [0.4, 0.5) is 0 Å². The Kier molecular flexibility index (Phi) is 8.12. The molecule has 0 spiro atoms. The second-order valence-electron chi connectivity index (χ2n) is 12.0. The standard InChI is InChI=1S/C29H47NO2/c1-20-11-14-25(30-22(3)31)19-24(20)13-12-23-10-8-18-29(6)26(15-16-27(23)29)21(2)9-7-17-28(4,5)32/h12-13,21,25-27,32H,1,7-11,14-19H2,2-6H3,(H,30,31)/b23-12+,24-13-/t21-,25-,26?,27?,29-/m1/s1. The Bertz CT molecular complexity index is 756. The van der Waals surface area contributed by atoms with Crippen LogP contribution in [-0.2, 0) is 4.79 Å². The van der Waals surface area contributed by atoms with E-state index in [1.54, 1.807) is 12.5 Å². The zero-order valence-corrected chi connectivity index (χ0v) is 21.3. The first-order valence-electron chi connectivity index (χ1n) is 13.1. The van der Waals surface area contributed by atoms with Crippen molar-refractivity contribution in [3.8, 4) is 0 Å². The average Bonchev–Trinajstić information content (AvgIpc) is 3.04. The lowest BCUT2D eigenvalue weighted by Gasteiger charge is -2.44. The molecule has 3 rings (SSSR count). The van der Waals surface area contributed by atoms with Gasteiger partial charge in [-0.2, -0.15) is 0 Å². The van der Waals surface area contributed by atoms with E-state index in [1.165, 1.54) is 49.7 Å². The summed E-state index contributed by atoms with van der Waals surface area (Å²) in [6.45, 7) is 14.8. The van der Waals surface area contributed by atoms with E-state index in [9.17, 15) is 9.90 Å². The number of hydrogen-bond donors (Lipinski definition) is 2. The SMILES string of the molecule is C=C1CC[C@@H](NC(C)=O)C/C1=C/C=C1\CCC[C@@]2(C)C1CCC2[C@H](C)CCCC(C)(C)O. The fourth-order valence-electron chi connectivity index (χ4n) is 7.10. The molecule has 5 atom stereocenters. The Labute approximate surface area is 196 Å². The number of hydrogen-bond acceptors (Lipinski definition) is 2. The van der Waals surface area contributed by atoms with Crippen molar-refractivity contribution in [2.45, 2.75) is 117 Å². The lowest BCUT2D eigenvalue weighted by molar-refractivity contribution is -0.119. The van der Waals surface area contributed by atoms with Gasteiger partial charge < -0.3 is 10.4 Å². The van der Waals surface area contributed by atoms with E-state index in [4.69, 9.17) is 0 Å². The molecule has 0 radical (unpaired) electrons. The molecule has 3 nitrogen and oxygen atoms in total. The predicted octanol–water partition coefficient (Wildman–Crippen LogP) is 6.88. The van der Waals surface area contributed by atoms with E-state index in [0.29, 0.717) is 11.3 Å². The van der Waals surface area contributed by atoms with Crippen molar-refractivity contribution in [1.82, 2.24) is 5.32 Å². The third-order valence-corrected chi connectivity index (χ3v) is 8.79. The molecular formula is C29H47NO2. The molecule has 3 aliphatic rings. The summed E-state index contributed by atoms with van der Waals surface area (Å²) in [5.41, 5.74) is 4.08. The third-order valence-electron chi connectivity index (χ3n) is 8.79. The molecule has 0 aromatic rings. The van der Waals surface area contributed by atoms with Gasteiger partial charge in [-0.15, -0.1) is 0 Å². The minimum Gasteiger partial charge on any atom is -0.390 e. The van der Waals surface area contributed by atoms with Crippen molar-refractivity contribution >= 4 is 5.91 Å². The maximum Gasteiger partial charge on any atom is 0.217 e. The molecule has 0 aromatic heterocycles. The van der Waals surface area contributed by atoms with E-state index < -0.39 is 5.60 Å². The molecule has 3 heteroatoms. The quantitative estimate of drug-likeness (QED) is 0.452. The second-order valence-corrected chi connectivity index (χ2v) is 12.0. The molecule has 3 aliphatic carbocycles. The minimum atomic E-state index is -0.544. The van der Waals surface area contributed by atoms with Gasteiger partial charge in [-0.1, -0.05) is 56.6 Å². The Hall–Kier alpha value is -1.35. The molecule has 2 unspecified atom stereocenters. The summed E-state index contributed by atoms with van der Waals surface area (Å²) in [6.07, 6.45) is 17.4. The molecule has 180 valence electrons. The molecule has 0 aromatic carbocycles. The van der Waals surface area contributed by atoms with Gasteiger partial charge in [0, 0.05) is 13.0 Å². The first-order valence-corrected chi connectivity index (χ1v) is 13.1. The fourth-order valence-corrected chi connectivity index (χ4v) is 7.10. The number of rotatable bonds is 7. The van der Waals surface area contributed by atoms with Crippen LogP contribution in [0.3, 0.4) is 0 Å². The van der Waals surface area contributed by atoms with Crippen LogP contribution in [0.1, 0.15) is 105 Å². The third kappa shape index (κ3) is 6.16. The van der Waals surface area contributed by atoms with Gasteiger partial charge in [0.05, 0.1) is 5.60 Å². The van der Waals surface area contributed by atoms with Crippen LogP contribution >= 0.6 is 0 Å². The van der Waals surface area contributed by atoms with E-state index in [1.807, 2.05) is 13.8 Å². The molecule has 0 bridgehead atoms. The van der Waals surface area contributed by atoms with E-state index >= 15 is 0 Å². The number of carbonyl (C=O) groups excluding carboxylic acids is 1. The van der Waals surface area contributed by atoms with Crippen molar-refractivity contribution in [3.63, 3.8) is 0 Å². The van der Waals surface area contributed by atoms with Crippen molar-refractivity contribution in [3.05, 3.63) is 35.5 Å². The lowest BCUT2D eigenvalue weighted by Crippen LogP contribution is -2.36. The number of allylic oxidation sites excluding steroid dienone is 4. The van der Waals surface area contributed by atoms with Gasteiger partial charge in [-0.05, 0) is 100 Å². The molecule has 3 saturated carbocycles. The van der Waals surface area contributed by atoms with Crippen LogP contribution in [0.25, 0.3) is 0 Å². The van der Waals surface area contributed by atoms with Crippen LogP contribution in [0.2, 0.25) is 0 Å². The maximum atomic E-state index is 11.5. The fraction of sp³-hybridized carbons (Fsp3) is 0.759. The summed E-state index contributed by atoms with van der Waals surface area (Å²) >= 11 is 0. The Balaban J connectivity index is 1.68. The molecule has 1 amide bonds. The molecule has 3 fully saturated rings. The molecule has 2 N–H and O–H groups in total. The Morgan fingerprint density at radius 3 is 2.72 bits per heavy atom. The largest absolute Gasteiger partial charge is 0.390 e. The first kappa shape index (κ1) is 25.3. The monoisotopic (exact) mass is 441 g/mol. The van der Waals surface area contributed by atoms with Crippen LogP contribution in [0.15, 0.2) is 35.5 Å². The number of amides is 1. The zero-order chi connectivity index (χ0) is 23.5. The summed E-state index contributed by atoms with van der Waals surface area (Å²) in [5.74, 6) is 2.29. The number of nitrogens with one attached hydrogen (secondary N) is 1. The van der Waals surface area contributed by atoms with Gasteiger partial charge in [0.15, 0.2) is 0 Å². The number of carbonyl (C=O) groups is 1. The second kappa shape index (κ2) is 10.3. The summed E-state index contributed by atoms with van der Waals surface area (Å²) in [7, 11) is 0. The molecule has 0 heterocycles. The highest BCUT2D eigenvalue weighted by molar-refractivity contribution is 5.73. The van der Waals surface area contributed by atoms with Crippen molar-refractivity contribution in [2.24, 2.45) is 23.2 Å². The number of aliphatic hydroxyl groups is 1. The summed E-state index contributed by atoms with van der Waals surface area (Å²) in [4.78, 5) is 11.5. The van der Waals surface area contributed by atoms with Crippen molar-refractivity contribution < 1.29 is 9.90 Å². The smallest absolute Gasteiger partial charge is 0.217 e. The lowest BCUT2D eigenvalue weighted by atomic mass is 9.60. The number of fused-ring (bicyclic) bond motifs is 1. The van der Waals surface area contributed by atoms with Crippen LogP contribution in [0.5, 0.6) is 0 Å². The van der Waals surface area contributed by atoms with Crippen LogP contribution in [-0.4, -0.2) is 22.7 Å². The highest BCUT2D eigenvalue weighted by Gasteiger charge is 2.50.